The van der Waals surface area contributed by atoms with Crippen LogP contribution in [0, 0.1) is 64.6 Å². The Labute approximate surface area is 890 Å². The highest BCUT2D eigenvalue weighted by Gasteiger charge is 2.21. The number of unbranched alkanes of at least 4 members (excludes halogenated alkanes) is 1. The maximum Gasteiger partial charge on any atom is 0.407 e. The molecule has 12 aromatic rings. The molecule has 2 heterocycles. The summed E-state index contributed by atoms with van der Waals surface area (Å²) in [5.41, 5.74) is 59.1. The fourth-order valence-electron chi connectivity index (χ4n) is 12.8. The van der Waals surface area contributed by atoms with E-state index < -0.39 is 41.9 Å². The number of anilines is 4. The molecule has 0 saturated carbocycles. The molecular weight excluding hydrogens is 2070 g/mol. The number of carbonyl (C=O) groups excluding carboxylic acids is 7. The molecule has 0 bridgehead atoms. The third kappa shape index (κ3) is 45.8. The third-order valence-corrected chi connectivity index (χ3v) is 21.3. The predicted molar refractivity (Wildman–Crippen MR) is 603 cm³/mol. The van der Waals surface area contributed by atoms with Crippen LogP contribution >= 0.6 is 113 Å². The minimum Gasteiger partial charge on any atom is -0.481 e. The fraction of sp³-hybridized carbons (Fsp3) is 0.252. The van der Waals surface area contributed by atoms with E-state index in [4.69, 9.17) is 105 Å². The first kappa shape index (κ1) is 125. The van der Waals surface area contributed by atoms with Crippen LogP contribution in [0.1, 0.15) is 143 Å². The zero-order valence-corrected chi connectivity index (χ0v) is 88.3. The van der Waals surface area contributed by atoms with Crippen molar-refractivity contribution in [1.29, 1.82) is 5.41 Å². The molecule has 0 radical (unpaired) electrons. The molecule has 12 rings (SSSR count). The SMILES string of the molecule is CC(=O)O.CSC(=N)NC(=O)c1nc(Cl)c(N)nc1N.C[C@@H](Cc1ccc2cc(C#CCCN)ccc2c1)C(N)=O.C[C@@H](Cc1ccc2cc(C#CCCNC(=O)OCc3ccccc3)ccc2c1)C(=O)O.C[C@@H](Cc1ccc2cc(C#CCCNC(=O)OCc3ccccc3)ccc2c1)C(N)=O.C[C@@H](Cc1ccc2cc(CCCCN=C(N)NC(=O)c3nc(Cl)c(N)nc3N)ccc2c1)C(N)=O.I.S.S.S.S. The number of rotatable bonds is 28. The van der Waals surface area contributed by atoms with Gasteiger partial charge in [-0.1, -0.05) is 268 Å². The van der Waals surface area contributed by atoms with Crippen LogP contribution in [0.4, 0.5) is 32.9 Å². The van der Waals surface area contributed by atoms with E-state index in [9.17, 15) is 38.4 Å². The number of nitrogens with zero attached hydrogens (tertiary/aromatic N) is 5. The van der Waals surface area contributed by atoms with Gasteiger partial charge < -0.3 is 87.2 Å². The number of halogens is 3. The number of thioether (sulfide) groups is 1. The molecule has 10 aromatic carbocycles. The fourth-order valence-corrected chi connectivity index (χ4v) is 13.2. The van der Waals surface area contributed by atoms with Crippen LogP contribution in [0.15, 0.2) is 211 Å². The average molecular weight is 2190 g/mol. The van der Waals surface area contributed by atoms with Crippen molar-refractivity contribution in [2.45, 2.75) is 112 Å². The molecule has 0 fully saturated rings. The van der Waals surface area contributed by atoms with Crippen molar-refractivity contribution in [3.05, 3.63) is 284 Å². The summed E-state index contributed by atoms with van der Waals surface area (Å²) < 4.78 is 10.3. The smallest absolute Gasteiger partial charge is 0.407 e. The van der Waals surface area contributed by atoms with E-state index in [0.717, 1.165) is 131 Å². The van der Waals surface area contributed by atoms with E-state index in [-0.39, 0.29) is 183 Å². The van der Waals surface area contributed by atoms with Gasteiger partial charge in [-0.05, 0) is 170 Å². The Kier molecular flexibility index (Phi) is 57.9. The second-order valence-corrected chi connectivity index (χ2v) is 33.1. The molecule has 0 aliphatic rings. The maximum absolute atomic E-state index is 12.2. The molecule has 0 saturated heterocycles. The lowest BCUT2D eigenvalue weighted by molar-refractivity contribution is -0.141. The van der Waals surface area contributed by atoms with E-state index in [2.05, 4.69) is 142 Å². The molecule has 7 amide bonds. The van der Waals surface area contributed by atoms with Crippen LogP contribution in [0.25, 0.3) is 43.1 Å². The summed E-state index contributed by atoms with van der Waals surface area (Å²) in [6, 6.07) is 68.1. The quantitative estimate of drug-likeness (QED) is 0.00712. The summed E-state index contributed by atoms with van der Waals surface area (Å²) in [5, 5.41) is 42.4. The first-order valence-electron chi connectivity index (χ1n) is 43.6. The lowest BCUT2D eigenvalue weighted by atomic mass is 9.96. The number of carbonyl (C=O) groups is 9. The van der Waals surface area contributed by atoms with Crippen molar-refractivity contribution in [3.8, 4) is 35.5 Å². The second-order valence-electron chi connectivity index (χ2n) is 31.5. The highest BCUT2D eigenvalue weighted by Crippen LogP contribution is 2.27. The molecule has 2 aromatic heterocycles. The van der Waals surface area contributed by atoms with E-state index in [1.54, 1.807) is 13.2 Å². The van der Waals surface area contributed by atoms with Gasteiger partial charge in [0.1, 0.15) is 13.2 Å². The van der Waals surface area contributed by atoms with Gasteiger partial charge in [0.15, 0.2) is 56.1 Å². The molecule has 40 heteroatoms. The number of benzene rings is 10. The lowest BCUT2D eigenvalue weighted by Crippen LogP contribution is -2.38. The summed E-state index contributed by atoms with van der Waals surface area (Å²) in [5.74, 6) is 13.4. The number of carboxylic acids is 2. The number of aliphatic imine (C=N–C) groups is 1. The molecular formula is C103H122Cl2IN19O13S5. The summed E-state index contributed by atoms with van der Waals surface area (Å²) in [6.07, 6.45) is 7.51. The molecule has 0 spiro atoms. The monoisotopic (exact) mass is 2190 g/mol. The Bertz CT molecular complexity index is 6390. The number of amides is 7. The Hall–Kier alpha value is -13.7. The number of alkyl carbamates (subject to hydrolysis) is 2. The number of aryl methyl sites for hydroxylation is 1. The number of carboxylic acid groups (broad SMARTS) is 2. The van der Waals surface area contributed by atoms with E-state index in [1.807, 2.05) is 166 Å². The number of fused-ring (bicyclic) bond motifs is 4. The van der Waals surface area contributed by atoms with Crippen LogP contribution in [0.5, 0.6) is 0 Å². The number of primary amides is 3. The first-order valence-corrected chi connectivity index (χ1v) is 45.6. The topological polar surface area (TPSA) is 583 Å². The highest BCUT2D eigenvalue weighted by atomic mass is 127. The standard InChI is InChI=1S/C26H26N2O3.C26H25NO4.C24H29ClN8O2.C18H20N2O.C7H9ClN6OS.C2H4O2.HI.4H2S/c1-19(25(27)29)15-22-11-13-23-16-20(10-12-24(23)17-22)7-5-6-14-28-26(30)31-18-21-8-3-2-4-9-21;1-19(25(28)29)15-22-11-13-23-16-20(10-12-24(23)17-22)7-5-6-14-27-26(30)31-18-21-8-3-2-4-9-21;1-13(22(28)34)10-15-6-8-16-11-14(5-7-17(16)12-15)4-2-3-9-30-24(29)33-23(35)18-20(26)32-21(27)19(25)31-18;1-13(18(20)21)10-15-6-8-16-11-14(4-2-3-9-19)5-7-17(16)12-15;1-16-7(11)14-6(15)2-4(9)13-5(10)3(8)12-2;1-2(3)4;;;;;/h2-4,8-13,16-17,19H,6,14-15,18H2,1H3,(H2,27,29)(H,28,30);2-4,8-13,16-17,19H,6,14-15,18H2,1H3,(H,27,30)(H,28,29);5-8,11-13H,2-4,9-10H2,1H3,(H2,28,34)(H4,26,27,32)(H3,29,30,33,35);5-8,11-13H,3,9-10,19H2,1H3,(H2,20,21);1H3,(H4,9,10,13)(H2,11,14,15);1H3,(H,3,4);1H;4*1H2/t2*19-;2*13-;;;;;;;/m0000......./s1. The molecule has 25 N–H and O–H groups in total. The molecule has 0 aliphatic heterocycles. The highest BCUT2D eigenvalue weighted by molar-refractivity contribution is 14.0. The molecule has 143 heavy (non-hydrogen) atoms. The maximum atomic E-state index is 12.2. The summed E-state index contributed by atoms with van der Waals surface area (Å²) >= 11 is 12.5. The van der Waals surface area contributed by atoms with Gasteiger partial charge >= 0.3 is 18.2 Å². The van der Waals surface area contributed by atoms with Crippen LogP contribution < -0.4 is 72.9 Å². The Balaban J connectivity index is 0.000000605. The lowest BCUT2D eigenvalue weighted by Gasteiger charge is -2.09. The van der Waals surface area contributed by atoms with Crippen molar-refractivity contribution < 1.29 is 62.8 Å². The number of ether oxygens (including phenoxy) is 2. The summed E-state index contributed by atoms with van der Waals surface area (Å²) in [4.78, 5) is 120. The molecule has 32 nitrogen and oxygen atoms in total. The van der Waals surface area contributed by atoms with Gasteiger partial charge in [0.2, 0.25) is 17.7 Å². The Morgan fingerprint density at radius 3 is 1.08 bits per heavy atom. The number of nitrogens with two attached hydrogens (primary N) is 9. The van der Waals surface area contributed by atoms with Crippen molar-refractivity contribution >= 4 is 244 Å². The van der Waals surface area contributed by atoms with Crippen molar-refractivity contribution in [3.63, 3.8) is 0 Å². The number of aliphatic carboxylic acids is 2. The molecule has 758 valence electrons. The molecule has 4 atom stereocenters. The van der Waals surface area contributed by atoms with Gasteiger partial charge in [0, 0.05) is 86.8 Å². The van der Waals surface area contributed by atoms with E-state index in [1.165, 1.54) is 5.56 Å². The second kappa shape index (κ2) is 66.1. The zero-order valence-electron chi connectivity index (χ0n) is 79.6. The van der Waals surface area contributed by atoms with E-state index in [0.29, 0.717) is 71.1 Å². The average Bonchev–Trinajstić information content (AvgIpc) is 0.811. The molecule has 0 unspecified atom stereocenters. The zero-order chi connectivity index (χ0) is 101. The third-order valence-electron chi connectivity index (χ3n) is 20.2. The minimum absolute atomic E-state index is 0. The van der Waals surface area contributed by atoms with Gasteiger partial charge in [0.25, 0.3) is 17.8 Å². The number of hydrogen-bond acceptors (Lipinski definition) is 23. The van der Waals surface area contributed by atoms with Crippen LogP contribution in [0.3, 0.4) is 0 Å². The largest absolute Gasteiger partial charge is 0.481 e. The van der Waals surface area contributed by atoms with Crippen molar-refractivity contribution in [2.75, 3.05) is 55.4 Å². The number of aromatic nitrogens is 4. The van der Waals surface area contributed by atoms with Crippen LogP contribution in [-0.4, -0.2) is 127 Å². The van der Waals surface area contributed by atoms with E-state index >= 15 is 0 Å². The number of nitrogen functional groups attached to an aromatic ring is 4. The van der Waals surface area contributed by atoms with Gasteiger partial charge in [-0.3, -0.25) is 49.3 Å². The number of nitrogens with one attached hydrogen (secondary N) is 5. The summed E-state index contributed by atoms with van der Waals surface area (Å²) in [6.45, 7) is 10.7. The van der Waals surface area contributed by atoms with Crippen LogP contribution in [-0.2, 0) is 78.8 Å². The number of amidine groups is 1. The Morgan fingerprint density at radius 1 is 0.434 bits per heavy atom. The van der Waals surface area contributed by atoms with Crippen molar-refractivity contribution in [1.82, 2.24) is 41.2 Å². The summed E-state index contributed by atoms with van der Waals surface area (Å²) in [7, 11) is 0. The number of hydrogen-bond donors (Lipinski definition) is 16. The van der Waals surface area contributed by atoms with Gasteiger partial charge in [-0.25, -0.2) is 29.5 Å². The normalized spacial score (nSPS) is 10.9. The predicted octanol–water partition coefficient (Wildman–Crippen LogP) is 14.8. The van der Waals surface area contributed by atoms with Gasteiger partial charge in [-0.2, -0.15) is 54.0 Å². The Morgan fingerprint density at radius 2 is 0.748 bits per heavy atom. The van der Waals surface area contributed by atoms with Crippen LogP contribution in [0.2, 0.25) is 10.3 Å². The number of guanidine groups is 1. The van der Waals surface area contributed by atoms with Crippen molar-refractivity contribution in [2.24, 2.45) is 57.3 Å². The van der Waals surface area contributed by atoms with Gasteiger partial charge in [0.05, 0.1) is 5.92 Å². The van der Waals surface area contributed by atoms with Gasteiger partial charge in [-0.15, -0.1) is 24.0 Å². The minimum atomic E-state index is -0.833. The molecule has 0 aliphatic carbocycles. The first-order chi connectivity index (χ1) is 65.9.